The van der Waals surface area contributed by atoms with Crippen molar-refractivity contribution in [2.24, 2.45) is 4.99 Å². The van der Waals surface area contributed by atoms with Crippen molar-refractivity contribution in [3.63, 3.8) is 0 Å². The van der Waals surface area contributed by atoms with Gasteiger partial charge >= 0.3 is 0 Å². The molecule has 0 radical (unpaired) electrons. The minimum Gasteiger partial charge on any atom is -0.343 e. The van der Waals surface area contributed by atoms with E-state index in [2.05, 4.69) is 25.8 Å². The number of hydrogen-bond acceptors (Lipinski definition) is 5. The summed E-state index contributed by atoms with van der Waals surface area (Å²) in [7, 11) is 0. The Balaban J connectivity index is 1.53. The van der Waals surface area contributed by atoms with Crippen molar-refractivity contribution < 1.29 is 4.79 Å². The van der Waals surface area contributed by atoms with Crippen LogP contribution in [-0.4, -0.2) is 26.9 Å². The molecular formula is C25H20Cl2N6O. The van der Waals surface area contributed by atoms with E-state index in [0.717, 1.165) is 27.7 Å². The van der Waals surface area contributed by atoms with E-state index < -0.39 is 6.04 Å². The van der Waals surface area contributed by atoms with Crippen LogP contribution in [0.5, 0.6) is 0 Å². The van der Waals surface area contributed by atoms with Gasteiger partial charge in [-0.15, -0.1) is 0 Å². The minimum absolute atomic E-state index is 0.249. The molecule has 170 valence electrons. The van der Waals surface area contributed by atoms with Crippen LogP contribution in [-0.2, 0) is 4.79 Å². The van der Waals surface area contributed by atoms with E-state index in [1.165, 1.54) is 0 Å². The maximum Gasteiger partial charge on any atom is 0.255 e. The Hall–Kier alpha value is -3.68. The van der Waals surface area contributed by atoms with Crippen LogP contribution in [0, 0.1) is 6.92 Å². The molecule has 4 aromatic rings. The topological polar surface area (TPSA) is 95.1 Å². The molecule has 1 atom stereocenters. The second-order valence-corrected chi connectivity index (χ2v) is 8.82. The van der Waals surface area contributed by atoms with Crippen molar-refractivity contribution in [1.82, 2.24) is 20.5 Å². The molecule has 0 spiro atoms. The lowest BCUT2D eigenvalue weighted by Gasteiger charge is -2.27. The SMILES string of the molecule is CC1=C(C(=O)Nc2ccc3n[nH]c(C)c3c2)C(c2ccc(Cl)cc2)N=C(c2ccnc(Cl)c2)N1. The van der Waals surface area contributed by atoms with Crippen LogP contribution in [0.3, 0.4) is 0 Å². The summed E-state index contributed by atoms with van der Waals surface area (Å²) in [5.74, 6) is 0.356. The van der Waals surface area contributed by atoms with E-state index in [0.29, 0.717) is 33.0 Å². The van der Waals surface area contributed by atoms with Crippen molar-refractivity contribution in [3.05, 3.63) is 99.1 Å². The van der Waals surface area contributed by atoms with Crippen LogP contribution < -0.4 is 10.6 Å². The smallest absolute Gasteiger partial charge is 0.255 e. The lowest BCUT2D eigenvalue weighted by atomic mass is 9.94. The molecule has 2 aromatic carbocycles. The van der Waals surface area contributed by atoms with Crippen LogP contribution >= 0.6 is 23.2 Å². The number of amides is 1. The number of aliphatic imine (C=N–C) groups is 1. The summed E-state index contributed by atoms with van der Waals surface area (Å²) >= 11 is 12.2. The molecule has 0 aliphatic carbocycles. The van der Waals surface area contributed by atoms with Gasteiger partial charge < -0.3 is 10.6 Å². The molecule has 1 aliphatic rings. The number of H-pyrrole nitrogens is 1. The molecule has 9 heteroatoms. The Labute approximate surface area is 205 Å². The first kappa shape index (κ1) is 22.1. The average Bonchev–Trinajstić information content (AvgIpc) is 3.19. The molecule has 1 aliphatic heterocycles. The molecule has 3 N–H and O–H groups in total. The van der Waals surface area contributed by atoms with Gasteiger partial charge in [0.15, 0.2) is 0 Å². The van der Waals surface area contributed by atoms with Crippen LogP contribution in [0.15, 0.2) is 77.1 Å². The first-order valence-corrected chi connectivity index (χ1v) is 11.3. The maximum absolute atomic E-state index is 13.5. The molecule has 0 saturated heterocycles. The Kier molecular flexibility index (Phi) is 5.81. The predicted octanol–water partition coefficient (Wildman–Crippen LogP) is 5.58. The molecule has 1 unspecified atom stereocenters. The predicted molar refractivity (Wildman–Crippen MR) is 135 cm³/mol. The number of aromatic amines is 1. The number of allylic oxidation sites excluding steroid dienone is 1. The number of carbonyl (C=O) groups excluding carboxylic acids is 1. The van der Waals surface area contributed by atoms with Crippen molar-refractivity contribution >= 4 is 51.5 Å². The summed E-state index contributed by atoms with van der Waals surface area (Å²) in [4.78, 5) is 22.5. The lowest BCUT2D eigenvalue weighted by Crippen LogP contribution is -2.34. The van der Waals surface area contributed by atoms with Gasteiger partial charge in [0.1, 0.15) is 17.0 Å². The third-order valence-electron chi connectivity index (χ3n) is 5.67. The number of aromatic nitrogens is 3. The Morgan fingerprint density at radius 2 is 1.82 bits per heavy atom. The monoisotopic (exact) mass is 490 g/mol. The molecule has 7 nitrogen and oxygen atoms in total. The van der Waals surface area contributed by atoms with Gasteiger partial charge in [0.2, 0.25) is 0 Å². The summed E-state index contributed by atoms with van der Waals surface area (Å²) in [6.45, 7) is 3.80. The molecule has 5 rings (SSSR count). The van der Waals surface area contributed by atoms with Gasteiger partial charge in [-0.05, 0) is 61.9 Å². The van der Waals surface area contributed by atoms with Crippen molar-refractivity contribution in [2.45, 2.75) is 19.9 Å². The van der Waals surface area contributed by atoms with Crippen molar-refractivity contribution in [1.29, 1.82) is 0 Å². The zero-order valence-electron chi connectivity index (χ0n) is 18.4. The number of pyridine rings is 1. The van der Waals surface area contributed by atoms with E-state index in [-0.39, 0.29) is 5.91 Å². The Morgan fingerprint density at radius 1 is 1.03 bits per heavy atom. The number of anilines is 1. The number of fused-ring (bicyclic) bond motifs is 1. The standard InChI is InChI=1S/C25H20Cl2N6O/c1-13-19-12-18(7-8-20(19)33-32-13)30-25(34)22-14(2)29-24(16-9-10-28-21(27)11-16)31-23(22)15-3-5-17(26)6-4-15/h3-12,23H,1-2H3,(H,29,31)(H,30,34)(H,32,33). The molecule has 2 aromatic heterocycles. The highest BCUT2D eigenvalue weighted by Crippen LogP contribution is 2.33. The van der Waals surface area contributed by atoms with E-state index in [1.54, 1.807) is 24.4 Å². The second kappa shape index (κ2) is 8.93. The number of nitrogens with one attached hydrogen (secondary N) is 3. The fourth-order valence-corrected chi connectivity index (χ4v) is 4.27. The van der Waals surface area contributed by atoms with Gasteiger partial charge in [-0.2, -0.15) is 5.10 Å². The molecule has 0 saturated carbocycles. The summed E-state index contributed by atoms with van der Waals surface area (Å²) in [5.41, 5.74) is 5.27. The van der Waals surface area contributed by atoms with Crippen LogP contribution in [0.1, 0.15) is 29.8 Å². The highest BCUT2D eigenvalue weighted by Gasteiger charge is 2.30. The third kappa shape index (κ3) is 4.27. The number of halogens is 2. The molecule has 0 bridgehead atoms. The fraction of sp³-hybridized carbons (Fsp3) is 0.120. The molecule has 34 heavy (non-hydrogen) atoms. The number of rotatable bonds is 4. The number of amidine groups is 1. The number of benzene rings is 2. The lowest BCUT2D eigenvalue weighted by molar-refractivity contribution is -0.113. The first-order valence-electron chi connectivity index (χ1n) is 10.6. The van der Waals surface area contributed by atoms with Crippen LogP contribution in [0.4, 0.5) is 5.69 Å². The van der Waals surface area contributed by atoms with Gasteiger partial charge in [0.25, 0.3) is 5.91 Å². The fourth-order valence-electron chi connectivity index (χ4n) is 3.97. The van der Waals surface area contributed by atoms with Crippen LogP contribution in [0.2, 0.25) is 10.2 Å². The normalized spacial score (nSPS) is 15.8. The van der Waals surface area contributed by atoms with E-state index in [1.807, 2.05) is 50.2 Å². The summed E-state index contributed by atoms with van der Waals surface area (Å²) in [6, 6.07) is 15.9. The highest BCUT2D eigenvalue weighted by molar-refractivity contribution is 6.30. The first-order chi connectivity index (χ1) is 16.4. The van der Waals surface area contributed by atoms with Gasteiger partial charge in [0, 0.05) is 39.2 Å². The van der Waals surface area contributed by atoms with Gasteiger partial charge in [0.05, 0.1) is 11.1 Å². The minimum atomic E-state index is -0.542. The van der Waals surface area contributed by atoms with Crippen molar-refractivity contribution in [2.75, 3.05) is 5.32 Å². The van der Waals surface area contributed by atoms with Crippen LogP contribution in [0.25, 0.3) is 10.9 Å². The maximum atomic E-state index is 13.5. The van der Waals surface area contributed by atoms with Gasteiger partial charge in [-0.3, -0.25) is 14.9 Å². The highest BCUT2D eigenvalue weighted by atomic mass is 35.5. The molecule has 0 fully saturated rings. The van der Waals surface area contributed by atoms with Gasteiger partial charge in [-0.1, -0.05) is 35.3 Å². The summed E-state index contributed by atoms with van der Waals surface area (Å²) in [6.07, 6.45) is 1.62. The zero-order chi connectivity index (χ0) is 23.8. The second-order valence-electron chi connectivity index (χ2n) is 8.00. The largest absolute Gasteiger partial charge is 0.343 e. The van der Waals surface area contributed by atoms with E-state index in [9.17, 15) is 4.79 Å². The van der Waals surface area contributed by atoms with Crippen molar-refractivity contribution in [3.8, 4) is 0 Å². The summed E-state index contributed by atoms with van der Waals surface area (Å²) in [5, 5.41) is 15.4. The summed E-state index contributed by atoms with van der Waals surface area (Å²) < 4.78 is 0. The number of hydrogen-bond donors (Lipinski definition) is 3. The van der Waals surface area contributed by atoms with E-state index in [4.69, 9.17) is 28.2 Å². The number of aryl methyl sites for hydroxylation is 1. The Morgan fingerprint density at radius 3 is 2.59 bits per heavy atom. The number of nitrogens with zero attached hydrogens (tertiary/aromatic N) is 3. The molecular weight excluding hydrogens is 471 g/mol. The number of carbonyl (C=O) groups is 1. The third-order valence-corrected chi connectivity index (χ3v) is 6.13. The molecule has 3 heterocycles. The average molecular weight is 491 g/mol. The molecule has 1 amide bonds. The zero-order valence-corrected chi connectivity index (χ0v) is 19.9. The quantitative estimate of drug-likeness (QED) is 0.325. The van der Waals surface area contributed by atoms with Gasteiger partial charge in [-0.25, -0.2) is 4.98 Å². The Bertz CT molecular complexity index is 1470. The van der Waals surface area contributed by atoms with E-state index >= 15 is 0 Å².